The van der Waals surface area contributed by atoms with Crippen LogP contribution in [0.15, 0.2) is 60.7 Å². The first kappa shape index (κ1) is 21.5. The number of rotatable bonds is 5. The van der Waals surface area contributed by atoms with Crippen molar-refractivity contribution in [3.8, 4) is 0 Å². The lowest BCUT2D eigenvalue weighted by Gasteiger charge is -2.06. The van der Waals surface area contributed by atoms with Gasteiger partial charge in [-0.2, -0.15) is 0 Å². The standard InChI is InChI=1S/C16H14O4.CH2O2.CH2O/c17-15(13-7-3-1-4-8-13)19-11-12-20-16(18)14-9-5-2-6-10-14;2-1-3;1-2/h1-10H,11-12H2;1H,(H,2,3);1H2. The number of hydrogen-bond donors (Lipinski definition) is 1. The summed E-state index contributed by atoms with van der Waals surface area (Å²) in [5.74, 6) is -0.859. The average Bonchev–Trinajstić information content (AvgIpc) is 2.68. The Kier molecular flexibility index (Phi) is 12.2. The van der Waals surface area contributed by atoms with Gasteiger partial charge in [0.15, 0.2) is 0 Å². The molecule has 0 atom stereocenters. The molecule has 0 radical (unpaired) electrons. The predicted molar refractivity (Wildman–Crippen MR) is 89.3 cm³/mol. The summed E-state index contributed by atoms with van der Waals surface area (Å²) in [4.78, 5) is 39.6. The van der Waals surface area contributed by atoms with Gasteiger partial charge in [-0.05, 0) is 24.3 Å². The molecule has 0 saturated heterocycles. The summed E-state index contributed by atoms with van der Waals surface area (Å²) < 4.78 is 10.00. The Hall–Kier alpha value is -3.48. The minimum atomic E-state index is -0.429. The fourth-order valence-corrected chi connectivity index (χ4v) is 1.58. The van der Waals surface area contributed by atoms with E-state index >= 15 is 0 Å². The van der Waals surface area contributed by atoms with Crippen LogP contribution in [0.4, 0.5) is 0 Å². The molecule has 1 N–H and O–H groups in total. The van der Waals surface area contributed by atoms with Gasteiger partial charge in [0.1, 0.15) is 20.0 Å². The van der Waals surface area contributed by atoms with Gasteiger partial charge in [-0.15, -0.1) is 0 Å². The lowest BCUT2D eigenvalue weighted by atomic mass is 10.2. The molecular formula is C18H18O7. The highest BCUT2D eigenvalue weighted by molar-refractivity contribution is 5.90. The molecule has 0 unspecified atom stereocenters. The van der Waals surface area contributed by atoms with Crippen LogP contribution in [0, 0.1) is 0 Å². The summed E-state index contributed by atoms with van der Waals surface area (Å²) in [7, 11) is 0. The fourth-order valence-electron chi connectivity index (χ4n) is 1.58. The molecule has 7 heteroatoms. The van der Waals surface area contributed by atoms with Crippen molar-refractivity contribution in [2.75, 3.05) is 13.2 Å². The summed E-state index contributed by atoms with van der Waals surface area (Å²) in [6, 6.07) is 17.3. The fraction of sp³-hybridized carbons (Fsp3) is 0.111. The first-order valence-electron chi connectivity index (χ1n) is 7.00. The highest BCUT2D eigenvalue weighted by atomic mass is 16.6. The first-order chi connectivity index (χ1) is 12.2. The van der Waals surface area contributed by atoms with Gasteiger partial charge in [0, 0.05) is 0 Å². The van der Waals surface area contributed by atoms with Crippen molar-refractivity contribution < 1.29 is 33.8 Å². The van der Waals surface area contributed by atoms with Gasteiger partial charge >= 0.3 is 11.9 Å². The van der Waals surface area contributed by atoms with E-state index in [9.17, 15) is 9.59 Å². The van der Waals surface area contributed by atoms with E-state index in [0.29, 0.717) is 11.1 Å². The second-order valence-electron chi connectivity index (χ2n) is 4.11. The number of ether oxygens (including phenoxy) is 2. The summed E-state index contributed by atoms with van der Waals surface area (Å²) in [5, 5.41) is 6.89. The van der Waals surface area contributed by atoms with E-state index < -0.39 is 11.9 Å². The van der Waals surface area contributed by atoms with E-state index in [1.54, 1.807) is 48.5 Å². The molecule has 2 aromatic carbocycles. The topological polar surface area (TPSA) is 107 Å². The van der Waals surface area contributed by atoms with E-state index in [0.717, 1.165) is 0 Å². The maximum absolute atomic E-state index is 11.6. The van der Waals surface area contributed by atoms with Crippen LogP contribution in [-0.2, 0) is 19.1 Å². The van der Waals surface area contributed by atoms with E-state index in [1.165, 1.54) is 0 Å². The zero-order valence-electron chi connectivity index (χ0n) is 13.4. The molecule has 0 aliphatic rings. The highest BCUT2D eigenvalue weighted by Gasteiger charge is 2.08. The molecule has 0 aliphatic carbocycles. The van der Waals surface area contributed by atoms with Crippen molar-refractivity contribution in [2.24, 2.45) is 0 Å². The van der Waals surface area contributed by atoms with Gasteiger partial charge in [-0.25, -0.2) is 9.59 Å². The molecule has 2 rings (SSSR count). The Morgan fingerprint density at radius 1 is 0.800 bits per heavy atom. The SMILES string of the molecule is C=O.O=C(OCCOC(=O)c1ccccc1)c1ccccc1.O=CO. The lowest BCUT2D eigenvalue weighted by molar-refractivity contribution is -0.122. The molecule has 0 spiro atoms. The van der Waals surface area contributed by atoms with Crippen LogP contribution in [0.3, 0.4) is 0 Å². The summed E-state index contributed by atoms with van der Waals surface area (Å²) in [5.41, 5.74) is 0.948. The minimum absolute atomic E-state index is 0.0340. The van der Waals surface area contributed by atoms with Crippen molar-refractivity contribution in [1.29, 1.82) is 0 Å². The van der Waals surface area contributed by atoms with Crippen molar-refractivity contribution in [3.63, 3.8) is 0 Å². The van der Waals surface area contributed by atoms with Gasteiger partial charge in [-0.3, -0.25) is 4.79 Å². The van der Waals surface area contributed by atoms with Gasteiger partial charge in [0.2, 0.25) is 0 Å². The highest BCUT2D eigenvalue weighted by Crippen LogP contribution is 2.02. The maximum atomic E-state index is 11.6. The third kappa shape index (κ3) is 9.29. The van der Waals surface area contributed by atoms with E-state index in [1.807, 2.05) is 18.9 Å². The molecule has 0 heterocycles. The van der Waals surface area contributed by atoms with E-state index in [2.05, 4.69) is 0 Å². The van der Waals surface area contributed by atoms with Crippen LogP contribution in [0.1, 0.15) is 20.7 Å². The zero-order valence-corrected chi connectivity index (χ0v) is 13.4. The minimum Gasteiger partial charge on any atom is -0.483 e. The zero-order chi connectivity index (χ0) is 18.9. The lowest BCUT2D eigenvalue weighted by Crippen LogP contribution is -2.14. The Bertz CT molecular complexity index is 573. The summed E-state index contributed by atoms with van der Waals surface area (Å²) in [6.45, 7) is 1.82. The third-order valence-electron chi connectivity index (χ3n) is 2.57. The molecular weight excluding hydrogens is 328 g/mol. The smallest absolute Gasteiger partial charge is 0.338 e. The quantitative estimate of drug-likeness (QED) is 0.502. The maximum Gasteiger partial charge on any atom is 0.338 e. The van der Waals surface area contributed by atoms with Crippen LogP contribution in [-0.4, -0.2) is 43.5 Å². The first-order valence-corrected chi connectivity index (χ1v) is 7.00. The van der Waals surface area contributed by atoms with Gasteiger partial charge in [0.25, 0.3) is 6.47 Å². The van der Waals surface area contributed by atoms with E-state index in [-0.39, 0.29) is 19.7 Å². The number of carbonyl (C=O) groups is 4. The number of benzene rings is 2. The second kappa shape index (κ2) is 14.1. The Morgan fingerprint density at radius 3 is 1.36 bits per heavy atom. The van der Waals surface area contributed by atoms with Crippen LogP contribution >= 0.6 is 0 Å². The van der Waals surface area contributed by atoms with Crippen LogP contribution < -0.4 is 0 Å². The van der Waals surface area contributed by atoms with Crippen LogP contribution in [0.2, 0.25) is 0 Å². The predicted octanol–water partition coefficient (Wildman–Crippen LogP) is 2.22. The average molecular weight is 346 g/mol. The molecule has 0 bridgehead atoms. The molecule has 0 aromatic heterocycles. The Balaban J connectivity index is 0.00000104. The molecule has 25 heavy (non-hydrogen) atoms. The Labute approximate surface area is 144 Å². The monoisotopic (exact) mass is 346 g/mol. The molecule has 132 valence electrons. The van der Waals surface area contributed by atoms with Crippen molar-refractivity contribution in [2.45, 2.75) is 0 Å². The second-order valence-corrected chi connectivity index (χ2v) is 4.11. The molecule has 7 nitrogen and oxygen atoms in total. The third-order valence-corrected chi connectivity index (χ3v) is 2.57. The molecule has 0 saturated carbocycles. The Morgan fingerprint density at radius 2 is 1.08 bits per heavy atom. The number of carboxylic acid groups (broad SMARTS) is 1. The van der Waals surface area contributed by atoms with Gasteiger partial charge in [0.05, 0.1) is 11.1 Å². The van der Waals surface area contributed by atoms with Crippen LogP contribution in [0.5, 0.6) is 0 Å². The van der Waals surface area contributed by atoms with E-state index in [4.69, 9.17) is 24.2 Å². The van der Waals surface area contributed by atoms with Crippen LogP contribution in [0.25, 0.3) is 0 Å². The molecule has 0 aliphatic heterocycles. The number of hydrogen-bond acceptors (Lipinski definition) is 6. The molecule has 0 fully saturated rings. The van der Waals surface area contributed by atoms with Crippen molar-refractivity contribution >= 4 is 25.2 Å². The number of esters is 2. The largest absolute Gasteiger partial charge is 0.483 e. The summed E-state index contributed by atoms with van der Waals surface area (Å²) in [6.07, 6.45) is 0. The van der Waals surface area contributed by atoms with Crippen molar-refractivity contribution in [3.05, 3.63) is 71.8 Å². The molecule has 2 aromatic rings. The van der Waals surface area contributed by atoms with Gasteiger partial charge < -0.3 is 19.4 Å². The van der Waals surface area contributed by atoms with Crippen molar-refractivity contribution in [1.82, 2.24) is 0 Å². The molecule has 0 amide bonds. The van der Waals surface area contributed by atoms with Gasteiger partial charge in [-0.1, -0.05) is 36.4 Å². The normalized spacial score (nSPS) is 8.48. The summed E-state index contributed by atoms with van der Waals surface area (Å²) >= 11 is 0. The number of carbonyl (C=O) groups excluding carboxylic acids is 3.